The van der Waals surface area contributed by atoms with Gasteiger partial charge in [-0.25, -0.2) is 9.59 Å². The first kappa shape index (κ1) is 10.0. The van der Waals surface area contributed by atoms with Gasteiger partial charge in [0.2, 0.25) is 5.76 Å². The molecule has 0 unspecified atom stereocenters. The summed E-state index contributed by atoms with van der Waals surface area (Å²) in [5.41, 5.74) is 0. The lowest BCUT2D eigenvalue weighted by Crippen LogP contribution is -2.09. The van der Waals surface area contributed by atoms with Crippen LogP contribution in [0.1, 0.15) is 10.6 Å². The van der Waals surface area contributed by atoms with Crippen LogP contribution in [0.4, 0.5) is 0 Å². The Morgan fingerprint density at radius 2 is 2.36 bits per heavy atom. The summed E-state index contributed by atoms with van der Waals surface area (Å²) in [6.45, 7) is -0.548. The lowest BCUT2D eigenvalue weighted by atomic mass is 10.4. The van der Waals surface area contributed by atoms with Crippen LogP contribution >= 0.6 is 0 Å². The fourth-order valence-electron chi connectivity index (χ4n) is 0.659. The van der Waals surface area contributed by atoms with E-state index >= 15 is 0 Å². The predicted octanol–water partition coefficient (Wildman–Crippen LogP) is -0.0754. The Morgan fingerprint density at radius 1 is 1.64 bits per heavy atom. The van der Waals surface area contributed by atoms with Crippen LogP contribution in [0.25, 0.3) is 0 Å². The van der Waals surface area contributed by atoms with Crippen molar-refractivity contribution in [3.05, 3.63) is 11.8 Å². The number of methoxy groups -OCH3 is 1. The Hall–Kier alpha value is -2.05. The van der Waals surface area contributed by atoms with Gasteiger partial charge in [-0.3, -0.25) is 0 Å². The summed E-state index contributed by atoms with van der Waals surface area (Å²) in [6.07, 6.45) is 0. The number of aromatic nitrogens is 1. The molecule has 0 aliphatic rings. The molecule has 1 rings (SSSR count). The van der Waals surface area contributed by atoms with Gasteiger partial charge in [-0.15, -0.1) is 0 Å². The van der Waals surface area contributed by atoms with Crippen LogP contribution in [-0.2, 0) is 9.53 Å². The van der Waals surface area contributed by atoms with Gasteiger partial charge in [0.1, 0.15) is 0 Å². The summed E-state index contributed by atoms with van der Waals surface area (Å²) < 4.78 is 13.5. The highest BCUT2D eigenvalue weighted by atomic mass is 16.6. The number of aliphatic carboxylic acids is 1. The van der Waals surface area contributed by atoms with Crippen molar-refractivity contribution < 1.29 is 28.7 Å². The van der Waals surface area contributed by atoms with Crippen LogP contribution < -0.4 is 4.74 Å². The number of rotatable bonds is 4. The molecule has 0 saturated heterocycles. The van der Waals surface area contributed by atoms with Gasteiger partial charge in [0.15, 0.2) is 6.61 Å². The van der Waals surface area contributed by atoms with Crippen molar-refractivity contribution in [3.63, 3.8) is 0 Å². The zero-order valence-corrected chi connectivity index (χ0v) is 7.22. The first-order valence-electron chi connectivity index (χ1n) is 3.53. The summed E-state index contributed by atoms with van der Waals surface area (Å²) in [6, 6.07) is 1.15. The van der Waals surface area contributed by atoms with Crippen molar-refractivity contribution in [2.24, 2.45) is 0 Å². The minimum atomic E-state index is -1.15. The number of hydrogen-bond donors (Lipinski definition) is 1. The van der Waals surface area contributed by atoms with Crippen molar-refractivity contribution >= 4 is 11.9 Å². The van der Waals surface area contributed by atoms with Crippen molar-refractivity contribution in [1.29, 1.82) is 0 Å². The van der Waals surface area contributed by atoms with E-state index < -0.39 is 18.5 Å². The number of carboxylic acid groups (broad SMARTS) is 1. The second-order valence-corrected chi connectivity index (χ2v) is 2.20. The van der Waals surface area contributed by atoms with E-state index in [1.54, 1.807) is 0 Å². The molecular formula is C7H7NO6. The summed E-state index contributed by atoms with van der Waals surface area (Å²) >= 11 is 0. The lowest BCUT2D eigenvalue weighted by molar-refractivity contribution is -0.139. The molecule has 1 aromatic rings. The molecule has 0 saturated carbocycles. The van der Waals surface area contributed by atoms with E-state index in [0.717, 1.165) is 6.07 Å². The summed E-state index contributed by atoms with van der Waals surface area (Å²) in [7, 11) is 1.18. The van der Waals surface area contributed by atoms with Crippen molar-refractivity contribution in [2.45, 2.75) is 0 Å². The Morgan fingerprint density at radius 3 is 2.93 bits per heavy atom. The maximum atomic E-state index is 10.8. The third-order valence-corrected chi connectivity index (χ3v) is 1.22. The van der Waals surface area contributed by atoms with Crippen LogP contribution in [0, 0.1) is 0 Å². The minimum Gasteiger partial charge on any atom is -0.479 e. The fraction of sp³-hybridized carbons (Fsp3) is 0.286. The minimum absolute atomic E-state index is 0.0761. The molecule has 14 heavy (non-hydrogen) atoms. The fourth-order valence-corrected chi connectivity index (χ4v) is 0.659. The van der Waals surface area contributed by atoms with Gasteiger partial charge < -0.3 is 19.1 Å². The molecule has 7 nitrogen and oxygen atoms in total. The molecule has 76 valence electrons. The van der Waals surface area contributed by atoms with Gasteiger partial charge in [0.25, 0.3) is 5.88 Å². The normalized spacial score (nSPS) is 9.50. The maximum Gasteiger partial charge on any atom is 0.377 e. The number of carboxylic acids is 1. The molecule has 0 fully saturated rings. The van der Waals surface area contributed by atoms with Gasteiger partial charge >= 0.3 is 11.9 Å². The predicted molar refractivity (Wildman–Crippen MR) is 41.0 cm³/mol. The van der Waals surface area contributed by atoms with Crippen LogP contribution in [0.15, 0.2) is 10.6 Å². The van der Waals surface area contributed by atoms with E-state index in [4.69, 9.17) is 5.11 Å². The standard InChI is InChI=1S/C7H7NO6/c1-12-7(11)4-2-5(8-14-4)13-3-6(9)10/h2H,3H2,1H3,(H,9,10). The zero-order chi connectivity index (χ0) is 10.6. The molecule has 7 heteroatoms. The van der Waals surface area contributed by atoms with Gasteiger partial charge in [-0.2, -0.15) is 0 Å². The molecule has 0 atom stereocenters. The highest BCUT2D eigenvalue weighted by Crippen LogP contribution is 2.11. The first-order valence-corrected chi connectivity index (χ1v) is 3.53. The third-order valence-electron chi connectivity index (χ3n) is 1.22. The Labute approximate surface area is 78.2 Å². The second-order valence-electron chi connectivity index (χ2n) is 2.20. The van der Waals surface area contributed by atoms with Crippen molar-refractivity contribution in [3.8, 4) is 5.88 Å². The van der Waals surface area contributed by atoms with Crippen LogP contribution in [0.3, 0.4) is 0 Å². The Bertz CT molecular complexity index is 344. The summed E-state index contributed by atoms with van der Waals surface area (Å²) in [4.78, 5) is 20.9. The zero-order valence-electron chi connectivity index (χ0n) is 7.22. The van der Waals surface area contributed by atoms with Crippen LogP contribution in [0.2, 0.25) is 0 Å². The van der Waals surface area contributed by atoms with E-state index in [1.165, 1.54) is 7.11 Å². The molecule has 0 spiro atoms. The van der Waals surface area contributed by atoms with Crippen LogP contribution in [-0.4, -0.2) is 35.9 Å². The molecule has 0 radical (unpaired) electrons. The van der Waals surface area contributed by atoms with Gasteiger partial charge in [-0.1, -0.05) is 0 Å². The molecule has 0 aliphatic carbocycles. The van der Waals surface area contributed by atoms with Gasteiger partial charge in [0, 0.05) is 0 Å². The molecule has 0 aromatic carbocycles. The molecule has 0 amide bonds. The Kier molecular flexibility index (Phi) is 3.05. The average molecular weight is 201 g/mol. The number of carbonyl (C=O) groups excluding carboxylic acids is 1. The van der Waals surface area contributed by atoms with Crippen LogP contribution in [0.5, 0.6) is 5.88 Å². The van der Waals surface area contributed by atoms with E-state index in [9.17, 15) is 9.59 Å². The average Bonchev–Trinajstić information content (AvgIpc) is 2.62. The SMILES string of the molecule is COC(=O)c1cc(OCC(=O)O)no1. The number of nitrogens with zero attached hydrogens (tertiary/aromatic N) is 1. The number of esters is 1. The summed E-state index contributed by atoms with van der Waals surface area (Å²) in [5, 5.41) is 11.6. The Balaban J connectivity index is 2.59. The third kappa shape index (κ3) is 2.47. The van der Waals surface area contributed by atoms with Gasteiger partial charge in [0.05, 0.1) is 13.2 Å². The molecule has 1 N–H and O–H groups in total. The van der Waals surface area contributed by atoms with Crippen molar-refractivity contribution in [2.75, 3.05) is 13.7 Å². The molecule has 1 heterocycles. The quantitative estimate of drug-likeness (QED) is 0.680. The van der Waals surface area contributed by atoms with E-state index in [0.29, 0.717) is 0 Å². The van der Waals surface area contributed by atoms with E-state index in [1.807, 2.05) is 0 Å². The number of ether oxygens (including phenoxy) is 2. The highest BCUT2D eigenvalue weighted by molar-refractivity contribution is 5.86. The molecular weight excluding hydrogens is 194 g/mol. The second kappa shape index (κ2) is 4.26. The molecule has 1 aromatic heterocycles. The molecule has 0 aliphatic heterocycles. The topological polar surface area (TPSA) is 98.9 Å². The number of carbonyl (C=O) groups is 2. The maximum absolute atomic E-state index is 10.8. The monoisotopic (exact) mass is 201 g/mol. The van der Waals surface area contributed by atoms with Gasteiger partial charge in [-0.05, 0) is 5.16 Å². The van der Waals surface area contributed by atoms with Crippen molar-refractivity contribution in [1.82, 2.24) is 5.16 Å². The van der Waals surface area contributed by atoms with E-state index in [-0.39, 0.29) is 11.6 Å². The van der Waals surface area contributed by atoms with E-state index in [2.05, 4.69) is 19.2 Å². The molecule has 0 bridgehead atoms. The highest BCUT2D eigenvalue weighted by Gasteiger charge is 2.14. The summed E-state index contributed by atoms with van der Waals surface area (Å²) in [5.74, 6) is -2.07. The largest absolute Gasteiger partial charge is 0.479 e. The first-order chi connectivity index (χ1) is 6.63. The smallest absolute Gasteiger partial charge is 0.377 e. The lowest BCUT2D eigenvalue weighted by Gasteiger charge is -1.93. The number of hydrogen-bond acceptors (Lipinski definition) is 6.